The molecule has 0 radical (unpaired) electrons. The molecule has 0 aliphatic heterocycles. The monoisotopic (exact) mass is 573 g/mol. The molecular formula is C37H39Zr. The third-order valence-electron chi connectivity index (χ3n) is 8.86. The number of hydrogen-bond acceptors (Lipinski definition) is 0. The Hall–Kier alpha value is -2.50. The fourth-order valence-electron chi connectivity index (χ4n) is 6.85. The predicted octanol–water partition coefficient (Wildman–Crippen LogP) is 10.1. The Morgan fingerprint density at radius 1 is 0.658 bits per heavy atom. The molecule has 0 aromatic heterocycles. The molecule has 0 N–H and O–H groups in total. The van der Waals surface area contributed by atoms with Gasteiger partial charge in [0.1, 0.15) is 0 Å². The minimum absolute atomic E-state index is 0.176. The average Bonchev–Trinajstić information content (AvgIpc) is 3.40. The van der Waals surface area contributed by atoms with E-state index in [9.17, 15) is 0 Å². The van der Waals surface area contributed by atoms with Crippen molar-refractivity contribution >= 4 is 9.35 Å². The number of rotatable bonds is 5. The molecule has 0 spiro atoms. The van der Waals surface area contributed by atoms with Crippen LogP contribution in [0.15, 0.2) is 90.5 Å². The van der Waals surface area contributed by atoms with Gasteiger partial charge in [0.15, 0.2) is 0 Å². The van der Waals surface area contributed by atoms with Crippen LogP contribution in [0.1, 0.15) is 80.2 Å². The van der Waals surface area contributed by atoms with E-state index >= 15 is 0 Å². The molecule has 1 heteroatoms. The van der Waals surface area contributed by atoms with E-state index in [1.807, 2.05) is 0 Å². The van der Waals surface area contributed by atoms with Crippen molar-refractivity contribution in [1.29, 1.82) is 0 Å². The van der Waals surface area contributed by atoms with Gasteiger partial charge in [-0.25, -0.2) is 0 Å². The number of fused-ring (bicyclic) bond motifs is 4. The second kappa shape index (κ2) is 9.91. The first-order chi connectivity index (χ1) is 18.2. The van der Waals surface area contributed by atoms with Crippen molar-refractivity contribution in [3.63, 3.8) is 0 Å². The summed E-state index contributed by atoms with van der Waals surface area (Å²) in [7, 11) is 0. The van der Waals surface area contributed by atoms with Crippen LogP contribution >= 0.6 is 0 Å². The zero-order valence-electron chi connectivity index (χ0n) is 23.7. The molecule has 2 atom stereocenters. The normalized spacial score (nSPS) is 17.6. The van der Waals surface area contributed by atoms with E-state index in [4.69, 9.17) is 0 Å². The number of benzene rings is 4. The fraction of sp³-hybridized carbons (Fsp3) is 0.297. The molecule has 0 nitrogen and oxygen atoms in total. The van der Waals surface area contributed by atoms with Gasteiger partial charge in [-0.1, -0.05) is 20.8 Å². The van der Waals surface area contributed by atoms with Gasteiger partial charge < -0.3 is 0 Å². The molecule has 0 bridgehead atoms. The van der Waals surface area contributed by atoms with Crippen LogP contribution in [0.3, 0.4) is 0 Å². The summed E-state index contributed by atoms with van der Waals surface area (Å²) in [5.41, 5.74) is 14.9. The second-order valence-electron chi connectivity index (χ2n) is 12.6. The summed E-state index contributed by atoms with van der Waals surface area (Å²) >= 11 is -1.54. The maximum absolute atomic E-state index is 2.54. The van der Waals surface area contributed by atoms with Gasteiger partial charge in [0, 0.05) is 0 Å². The van der Waals surface area contributed by atoms with Gasteiger partial charge in [-0.05, 0) is 11.0 Å². The molecule has 0 fully saturated rings. The molecule has 38 heavy (non-hydrogen) atoms. The van der Waals surface area contributed by atoms with Crippen molar-refractivity contribution < 1.29 is 21.8 Å². The number of allylic oxidation sites excluding steroid dienone is 1. The van der Waals surface area contributed by atoms with Crippen molar-refractivity contribution in [2.75, 3.05) is 0 Å². The molecule has 2 unspecified atom stereocenters. The van der Waals surface area contributed by atoms with Gasteiger partial charge in [0.25, 0.3) is 0 Å². The molecule has 2 aliphatic rings. The average molecular weight is 575 g/mol. The van der Waals surface area contributed by atoms with Crippen molar-refractivity contribution in [3.8, 4) is 22.3 Å². The van der Waals surface area contributed by atoms with Crippen molar-refractivity contribution in [3.05, 3.63) is 118 Å². The predicted molar refractivity (Wildman–Crippen MR) is 161 cm³/mol. The van der Waals surface area contributed by atoms with Gasteiger partial charge in [-0.15, -0.1) is 0 Å². The first kappa shape index (κ1) is 25.8. The van der Waals surface area contributed by atoms with Crippen molar-refractivity contribution in [2.45, 2.75) is 67.1 Å². The van der Waals surface area contributed by atoms with Gasteiger partial charge in [0.05, 0.1) is 0 Å². The van der Waals surface area contributed by atoms with Crippen LogP contribution in [0, 0.1) is 0 Å². The third kappa shape index (κ3) is 4.42. The van der Waals surface area contributed by atoms with Crippen LogP contribution in [0.25, 0.3) is 28.3 Å². The van der Waals surface area contributed by atoms with Gasteiger partial charge in [0.2, 0.25) is 0 Å². The van der Waals surface area contributed by atoms with Gasteiger partial charge in [-0.3, -0.25) is 0 Å². The Morgan fingerprint density at radius 2 is 1.29 bits per heavy atom. The van der Waals surface area contributed by atoms with Crippen LogP contribution < -0.4 is 3.27 Å². The fourth-order valence-corrected chi connectivity index (χ4v) is 9.99. The summed E-state index contributed by atoms with van der Waals surface area (Å²) < 4.78 is 6.78. The third-order valence-corrected chi connectivity index (χ3v) is 12.6. The van der Waals surface area contributed by atoms with E-state index in [-0.39, 0.29) is 5.41 Å². The summed E-state index contributed by atoms with van der Waals surface area (Å²) in [4.78, 5) is 0. The second-order valence-corrected chi connectivity index (χ2v) is 18.8. The van der Waals surface area contributed by atoms with Crippen LogP contribution in [0.5, 0.6) is 0 Å². The zero-order valence-corrected chi connectivity index (χ0v) is 26.2. The Balaban J connectivity index is 1.32. The SMILES string of the molecule is CC1=Cc2c(-c3ccc(C(C)(C)C)cc3)cccc2C1CCC1c2ccccc2-c2ccc[c]([Zr]([CH3])[CH3])c21. The van der Waals surface area contributed by atoms with Gasteiger partial charge >= 0.3 is 207 Å². The van der Waals surface area contributed by atoms with E-state index in [1.54, 1.807) is 14.4 Å². The Bertz CT molecular complexity index is 1530. The molecule has 6 rings (SSSR count). The zero-order chi connectivity index (χ0) is 26.6. The van der Waals surface area contributed by atoms with E-state index in [2.05, 4.69) is 128 Å². The standard InChI is InChI=1S/C35H33.2CH3.Zr/c1-23-22-34-27(24-16-18-25(19-17-24)35(2,3)4)14-9-15-28(34)26(23)20-21-33-31-12-7-5-10-29(31)30-11-6-8-13-32(30)33;;;/h5-12,14-19,22,26,33H,20-21H2,1-4H3;2*1H3;. The molecule has 2 aliphatic carbocycles. The van der Waals surface area contributed by atoms with Crippen molar-refractivity contribution in [2.24, 2.45) is 0 Å². The molecule has 0 saturated heterocycles. The number of hydrogen-bond donors (Lipinski definition) is 0. The summed E-state index contributed by atoms with van der Waals surface area (Å²) in [6.45, 7) is 9.21. The molecule has 191 valence electrons. The van der Waals surface area contributed by atoms with Crippen LogP contribution in [0.2, 0.25) is 9.26 Å². The van der Waals surface area contributed by atoms with Crippen LogP contribution in [-0.2, 0) is 27.2 Å². The molecule has 4 aromatic rings. The maximum atomic E-state index is 2.54. The first-order valence-corrected chi connectivity index (χ1v) is 20.3. The Kier molecular flexibility index (Phi) is 6.72. The van der Waals surface area contributed by atoms with Gasteiger partial charge in [-0.2, -0.15) is 0 Å². The first-order valence-electron chi connectivity index (χ1n) is 14.2. The van der Waals surface area contributed by atoms with Crippen LogP contribution in [0.4, 0.5) is 0 Å². The van der Waals surface area contributed by atoms with Crippen molar-refractivity contribution in [1.82, 2.24) is 0 Å². The summed E-state index contributed by atoms with van der Waals surface area (Å²) in [6, 6.07) is 32.5. The topological polar surface area (TPSA) is 0 Å². The quantitative estimate of drug-likeness (QED) is 0.222. The molecular weight excluding hydrogens is 536 g/mol. The van der Waals surface area contributed by atoms with Crippen LogP contribution in [-0.4, -0.2) is 0 Å². The molecule has 0 saturated carbocycles. The molecule has 0 heterocycles. The van der Waals surface area contributed by atoms with E-state index < -0.39 is 21.8 Å². The van der Waals surface area contributed by atoms with E-state index in [0.29, 0.717) is 11.8 Å². The Morgan fingerprint density at radius 3 is 2.03 bits per heavy atom. The molecule has 0 amide bonds. The van der Waals surface area contributed by atoms with E-state index in [1.165, 1.54) is 57.4 Å². The Labute approximate surface area is 237 Å². The van der Waals surface area contributed by atoms with E-state index in [0.717, 1.165) is 0 Å². The minimum atomic E-state index is -1.54. The summed E-state index contributed by atoms with van der Waals surface area (Å²) in [6.07, 6.45) is 4.87. The summed E-state index contributed by atoms with van der Waals surface area (Å²) in [5, 5.41) is 0. The molecule has 4 aromatic carbocycles. The summed E-state index contributed by atoms with van der Waals surface area (Å²) in [5.74, 6) is 1.03.